The van der Waals surface area contributed by atoms with Gasteiger partial charge in [0.15, 0.2) is 0 Å². The van der Waals surface area contributed by atoms with Crippen LogP contribution in [-0.4, -0.2) is 16.1 Å². The Morgan fingerprint density at radius 3 is 2.12 bits per heavy atom. The van der Waals surface area contributed by atoms with Crippen molar-refractivity contribution >= 4 is 44.8 Å². The molecule has 5 nitrogen and oxygen atoms in total. The number of hydrogen-bond acceptors (Lipinski definition) is 4. The largest absolute Gasteiger partial charge is 0.478 e. The lowest BCUT2D eigenvalue weighted by Crippen LogP contribution is -2.04. The lowest BCUT2D eigenvalue weighted by molar-refractivity contribution is 0.0698. The summed E-state index contributed by atoms with van der Waals surface area (Å²) in [6.45, 7) is 0. The van der Waals surface area contributed by atoms with E-state index in [1.54, 1.807) is 12.1 Å². The molecule has 0 aliphatic carbocycles. The molecule has 25 heavy (non-hydrogen) atoms. The number of carboxylic acids is 1. The number of nitrogens with zero attached hydrogens (tertiary/aromatic N) is 1. The number of fused-ring (bicyclic) bond motifs is 2. The summed E-state index contributed by atoms with van der Waals surface area (Å²) in [6.07, 6.45) is 0. The van der Waals surface area contributed by atoms with Gasteiger partial charge in [-0.2, -0.15) is 0 Å². The van der Waals surface area contributed by atoms with Crippen molar-refractivity contribution in [3.63, 3.8) is 0 Å². The normalized spacial score (nSPS) is 10.9. The van der Waals surface area contributed by atoms with Gasteiger partial charge in [-0.15, -0.1) is 0 Å². The summed E-state index contributed by atoms with van der Waals surface area (Å²) in [5, 5.41) is 14.6. The summed E-state index contributed by atoms with van der Waals surface area (Å²) in [6, 6.07) is 20.4. The van der Waals surface area contributed by atoms with Crippen LogP contribution in [0.2, 0.25) is 0 Å². The van der Waals surface area contributed by atoms with Crippen LogP contribution in [0.25, 0.3) is 21.8 Å². The van der Waals surface area contributed by atoms with Gasteiger partial charge >= 0.3 is 5.97 Å². The third-order valence-corrected chi connectivity index (χ3v) is 4.12. The molecule has 0 atom stereocenters. The third kappa shape index (κ3) is 2.61. The zero-order valence-electron chi connectivity index (χ0n) is 13.2. The van der Waals surface area contributed by atoms with Crippen molar-refractivity contribution in [1.82, 2.24) is 4.98 Å². The Morgan fingerprint density at radius 1 is 0.920 bits per heavy atom. The number of nitrogen functional groups attached to an aromatic ring is 1. The van der Waals surface area contributed by atoms with Gasteiger partial charge < -0.3 is 16.2 Å². The van der Waals surface area contributed by atoms with E-state index in [4.69, 9.17) is 5.73 Å². The summed E-state index contributed by atoms with van der Waals surface area (Å²) in [7, 11) is 0. The van der Waals surface area contributed by atoms with Crippen molar-refractivity contribution in [1.29, 1.82) is 0 Å². The van der Waals surface area contributed by atoms with E-state index in [2.05, 4.69) is 10.3 Å². The van der Waals surface area contributed by atoms with Crippen LogP contribution in [0.5, 0.6) is 0 Å². The first-order valence-corrected chi connectivity index (χ1v) is 7.81. The van der Waals surface area contributed by atoms with Gasteiger partial charge in [-0.3, -0.25) is 0 Å². The number of benzene rings is 3. The molecule has 5 heteroatoms. The zero-order chi connectivity index (χ0) is 17.4. The van der Waals surface area contributed by atoms with Gasteiger partial charge in [0, 0.05) is 16.5 Å². The Balaban J connectivity index is 1.99. The van der Waals surface area contributed by atoms with Gasteiger partial charge in [0.25, 0.3) is 0 Å². The van der Waals surface area contributed by atoms with Crippen LogP contribution < -0.4 is 11.1 Å². The van der Waals surface area contributed by atoms with Crippen molar-refractivity contribution < 1.29 is 9.90 Å². The molecule has 3 aromatic carbocycles. The van der Waals surface area contributed by atoms with E-state index in [-0.39, 0.29) is 5.56 Å². The van der Waals surface area contributed by atoms with Gasteiger partial charge in [0.1, 0.15) is 0 Å². The molecule has 0 radical (unpaired) electrons. The molecule has 0 spiro atoms. The van der Waals surface area contributed by atoms with Crippen LogP contribution >= 0.6 is 0 Å². The van der Waals surface area contributed by atoms with E-state index in [0.29, 0.717) is 11.4 Å². The van der Waals surface area contributed by atoms with E-state index in [1.165, 1.54) is 6.07 Å². The molecule has 4 N–H and O–H groups in total. The number of rotatable bonds is 3. The number of nitrogens with two attached hydrogens (primary N) is 1. The highest BCUT2D eigenvalue weighted by Crippen LogP contribution is 2.34. The van der Waals surface area contributed by atoms with Crippen LogP contribution in [0.1, 0.15) is 10.4 Å². The van der Waals surface area contributed by atoms with Crippen molar-refractivity contribution in [3.05, 3.63) is 72.3 Å². The molecule has 0 fully saturated rings. The smallest absolute Gasteiger partial charge is 0.337 e. The van der Waals surface area contributed by atoms with Crippen molar-refractivity contribution in [2.45, 2.75) is 0 Å². The molecule has 122 valence electrons. The highest BCUT2D eigenvalue weighted by Gasteiger charge is 2.14. The maximum atomic E-state index is 11.6. The summed E-state index contributed by atoms with van der Waals surface area (Å²) >= 11 is 0. The summed E-state index contributed by atoms with van der Waals surface area (Å²) in [4.78, 5) is 16.3. The van der Waals surface area contributed by atoms with Crippen LogP contribution in [0, 0.1) is 0 Å². The van der Waals surface area contributed by atoms with E-state index in [9.17, 15) is 9.90 Å². The molecule has 1 aromatic heterocycles. The fourth-order valence-corrected chi connectivity index (χ4v) is 2.96. The highest BCUT2D eigenvalue weighted by molar-refractivity contribution is 6.09. The molecule has 0 aliphatic heterocycles. The number of nitrogens with one attached hydrogen (secondary N) is 1. The molecule has 0 saturated carbocycles. The molecular formula is C20H15N3O2. The number of carboxylic acid groups (broad SMARTS) is 1. The minimum absolute atomic E-state index is 0.130. The van der Waals surface area contributed by atoms with E-state index in [0.717, 1.165) is 27.5 Å². The molecule has 4 rings (SSSR count). The van der Waals surface area contributed by atoms with Gasteiger partial charge in [0.2, 0.25) is 0 Å². The second-order valence-electron chi connectivity index (χ2n) is 5.76. The first-order chi connectivity index (χ1) is 12.1. The Kier molecular flexibility index (Phi) is 3.47. The zero-order valence-corrected chi connectivity index (χ0v) is 13.2. The predicted molar refractivity (Wildman–Crippen MR) is 100 cm³/mol. The Morgan fingerprint density at radius 2 is 1.52 bits per heavy atom. The quantitative estimate of drug-likeness (QED) is 0.383. The monoisotopic (exact) mass is 329 g/mol. The molecule has 4 aromatic rings. The lowest BCUT2D eigenvalue weighted by atomic mass is 10.1. The van der Waals surface area contributed by atoms with Gasteiger partial charge in [-0.05, 0) is 30.3 Å². The highest BCUT2D eigenvalue weighted by atomic mass is 16.4. The standard InChI is InChI=1S/C20H15N3O2/c21-12-9-10-18(15(11-12)20(24)25)23-19-13-5-1-3-7-16(13)22-17-8-4-2-6-14(17)19/h1-11H,21H2,(H,22,23)(H,24,25). The number of para-hydroxylation sites is 2. The Hall–Kier alpha value is -3.60. The van der Waals surface area contributed by atoms with Crippen LogP contribution in [0.15, 0.2) is 66.7 Å². The number of hydrogen-bond donors (Lipinski definition) is 3. The van der Waals surface area contributed by atoms with Crippen molar-refractivity contribution in [3.8, 4) is 0 Å². The van der Waals surface area contributed by atoms with Crippen LogP contribution in [0.3, 0.4) is 0 Å². The predicted octanol–water partition coefficient (Wildman–Crippen LogP) is 4.41. The third-order valence-electron chi connectivity index (χ3n) is 4.12. The summed E-state index contributed by atoms with van der Waals surface area (Å²) in [5.74, 6) is -1.03. The minimum atomic E-state index is -1.03. The second-order valence-corrected chi connectivity index (χ2v) is 5.76. The molecule has 0 amide bonds. The fourth-order valence-electron chi connectivity index (χ4n) is 2.96. The SMILES string of the molecule is Nc1ccc(Nc2c3ccccc3nc3ccccc23)c(C(=O)O)c1. The number of aromatic carboxylic acids is 1. The topological polar surface area (TPSA) is 88.2 Å². The van der Waals surface area contributed by atoms with Crippen LogP contribution in [0.4, 0.5) is 17.1 Å². The first kappa shape index (κ1) is 15.0. The molecular weight excluding hydrogens is 314 g/mol. The van der Waals surface area contributed by atoms with Gasteiger partial charge in [0.05, 0.1) is 28.0 Å². The average Bonchev–Trinajstić information content (AvgIpc) is 2.62. The summed E-state index contributed by atoms with van der Waals surface area (Å²) in [5.41, 5.74) is 9.28. The van der Waals surface area contributed by atoms with Crippen LogP contribution in [-0.2, 0) is 0 Å². The number of carbonyl (C=O) groups is 1. The molecule has 0 aliphatic rings. The van der Waals surface area contributed by atoms with E-state index < -0.39 is 5.97 Å². The fraction of sp³-hybridized carbons (Fsp3) is 0. The Labute approximate surface area is 143 Å². The van der Waals surface area contributed by atoms with Crippen molar-refractivity contribution in [2.75, 3.05) is 11.1 Å². The molecule has 0 bridgehead atoms. The summed E-state index contributed by atoms with van der Waals surface area (Å²) < 4.78 is 0. The van der Waals surface area contributed by atoms with Gasteiger partial charge in [-0.25, -0.2) is 9.78 Å². The van der Waals surface area contributed by atoms with Crippen molar-refractivity contribution in [2.24, 2.45) is 0 Å². The maximum Gasteiger partial charge on any atom is 0.337 e. The Bertz CT molecular complexity index is 1070. The maximum absolute atomic E-state index is 11.6. The number of aromatic nitrogens is 1. The van der Waals surface area contributed by atoms with E-state index >= 15 is 0 Å². The number of anilines is 3. The average molecular weight is 329 g/mol. The molecule has 0 unspecified atom stereocenters. The number of pyridine rings is 1. The minimum Gasteiger partial charge on any atom is -0.478 e. The first-order valence-electron chi connectivity index (χ1n) is 7.81. The molecule has 1 heterocycles. The molecule has 0 saturated heterocycles. The van der Waals surface area contributed by atoms with E-state index in [1.807, 2.05) is 48.5 Å². The lowest BCUT2D eigenvalue weighted by Gasteiger charge is -2.15. The second kappa shape index (κ2) is 5.79. The van der Waals surface area contributed by atoms with Gasteiger partial charge in [-0.1, -0.05) is 36.4 Å².